The average Bonchev–Trinajstić information content (AvgIpc) is 3.04. The summed E-state index contributed by atoms with van der Waals surface area (Å²) >= 11 is 0. The van der Waals surface area contributed by atoms with Crippen LogP contribution in [0.3, 0.4) is 0 Å². The van der Waals surface area contributed by atoms with E-state index in [0.717, 1.165) is 12.8 Å². The first-order valence-electron chi connectivity index (χ1n) is 7.66. The van der Waals surface area contributed by atoms with Gasteiger partial charge in [-0.25, -0.2) is 17.9 Å². The number of nitrogens with one attached hydrogen (secondary N) is 2. The number of carboxylic acids is 1. The van der Waals surface area contributed by atoms with Crippen LogP contribution in [0.2, 0.25) is 0 Å². The molecular weight excluding hydrogens is 320 g/mol. The van der Waals surface area contributed by atoms with E-state index in [4.69, 9.17) is 9.84 Å². The van der Waals surface area contributed by atoms with Gasteiger partial charge in [-0.05, 0) is 37.5 Å². The molecule has 0 aromatic heterocycles. The molecule has 3 N–H and O–H groups in total. The maximum atomic E-state index is 12.4. The van der Waals surface area contributed by atoms with Crippen LogP contribution < -0.4 is 10.0 Å². The van der Waals surface area contributed by atoms with E-state index in [-0.39, 0.29) is 16.6 Å². The molecule has 0 saturated carbocycles. The predicted molar refractivity (Wildman–Crippen MR) is 86.3 cm³/mol. The second-order valence-corrected chi connectivity index (χ2v) is 7.17. The van der Waals surface area contributed by atoms with Crippen LogP contribution in [0.15, 0.2) is 23.1 Å². The molecule has 0 radical (unpaired) electrons. The lowest BCUT2D eigenvalue weighted by atomic mass is 10.2. The van der Waals surface area contributed by atoms with Crippen LogP contribution in [0.1, 0.15) is 36.5 Å². The van der Waals surface area contributed by atoms with Crippen LogP contribution in [0.25, 0.3) is 0 Å². The highest BCUT2D eigenvalue weighted by atomic mass is 32.2. The van der Waals surface area contributed by atoms with Crippen LogP contribution in [-0.4, -0.2) is 45.3 Å². The number of benzene rings is 1. The summed E-state index contributed by atoms with van der Waals surface area (Å²) in [4.78, 5) is 11.1. The van der Waals surface area contributed by atoms with Gasteiger partial charge in [-0.3, -0.25) is 0 Å². The van der Waals surface area contributed by atoms with Gasteiger partial charge in [0.2, 0.25) is 10.0 Å². The Kier molecular flexibility index (Phi) is 5.97. The first-order chi connectivity index (χ1) is 10.9. The van der Waals surface area contributed by atoms with Crippen molar-refractivity contribution in [3.8, 4) is 0 Å². The van der Waals surface area contributed by atoms with Crippen molar-refractivity contribution in [3.05, 3.63) is 23.8 Å². The van der Waals surface area contributed by atoms with Gasteiger partial charge in [0.25, 0.3) is 0 Å². The van der Waals surface area contributed by atoms with Gasteiger partial charge in [0, 0.05) is 19.7 Å². The molecule has 0 spiro atoms. The molecule has 0 bridgehead atoms. The molecule has 7 nitrogen and oxygen atoms in total. The molecule has 1 aromatic rings. The smallest absolute Gasteiger partial charge is 0.335 e. The quantitative estimate of drug-likeness (QED) is 0.664. The summed E-state index contributed by atoms with van der Waals surface area (Å²) < 4.78 is 32.8. The third kappa shape index (κ3) is 4.66. The lowest BCUT2D eigenvalue weighted by Crippen LogP contribution is -2.27. The molecule has 23 heavy (non-hydrogen) atoms. The number of anilines is 1. The molecule has 1 aliphatic rings. The molecule has 1 heterocycles. The van der Waals surface area contributed by atoms with Crippen molar-refractivity contribution in [3.63, 3.8) is 0 Å². The number of carbonyl (C=O) groups is 1. The Morgan fingerprint density at radius 1 is 1.43 bits per heavy atom. The first-order valence-corrected chi connectivity index (χ1v) is 9.15. The van der Waals surface area contributed by atoms with E-state index < -0.39 is 16.0 Å². The Morgan fingerprint density at radius 2 is 2.22 bits per heavy atom. The second kappa shape index (κ2) is 7.76. The second-order valence-electron chi connectivity index (χ2n) is 5.43. The normalized spacial score (nSPS) is 18.0. The van der Waals surface area contributed by atoms with E-state index in [0.29, 0.717) is 31.8 Å². The number of sulfonamides is 1. The zero-order chi connectivity index (χ0) is 16.9. The van der Waals surface area contributed by atoms with Crippen LogP contribution in [-0.2, 0) is 14.8 Å². The van der Waals surface area contributed by atoms with Crippen LogP contribution in [0, 0.1) is 0 Å². The fourth-order valence-electron chi connectivity index (χ4n) is 2.37. The van der Waals surface area contributed by atoms with E-state index in [2.05, 4.69) is 10.0 Å². The molecule has 1 aliphatic heterocycles. The van der Waals surface area contributed by atoms with E-state index >= 15 is 0 Å². The van der Waals surface area contributed by atoms with E-state index in [1.807, 2.05) is 6.92 Å². The van der Waals surface area contributed by atoms with E-state index in [9.17, 15) is 13.2 Å². The van der Waals surface area contributed by atoms with Gasteiger partial charge in [0.1, 0.15) is 4.90 Å². The zero-order valence-corrected chi connectivity index (χ0v) is 13.9. The monoisotopic (exact) mass is 342 g/mol. The topological polar surface area (TPSA) is 105 Å². The Balaban J connectivity index is 2.26. The third-order valence-corrected chi connectivity index (χ3v) is 5.11. The number of hydrogen-bond donors (Lipinski definition) is 3. The van der Waals surface area contributed by atoms with Crippen LogP contribution in [0.4, 0.5) is 5.69 Å². The Labute approximate surface area is 136 Å². The summed E-state index contributed by atoms with van der Waals surface area (Å²) in [6, 6.07) is 4.05. The molecule has 8 heteroatoms. The highest BCUT2D eigenvalue weighted by Gasteiger charge is 2.22. The Hall–Kier alpha value is -1.64. The number of aromatic carboxylic acids is 1. The van der Waals surface area contributed by atoms with Gasteiger partial charge in [-0.15, -0.1) is 0 Å². The number of ether oxygens (including phenoxy) is 1. The minimum atomic E-state index is -3.77. The summed E-state index contributed by atoms with van der Waals surface area (Å²) in [7, 11) is -3.77. The SMILES string of the molecule is CCCNS(=O)(=O)c1cc(C(=O)O)ccc1NCC1CCCO1. The molecule has 0 amide bonds. The van der Waals surface area contributed by atoms with E-state index in [1.165, 1.54) is 18.2 Å². The van der Waals surface area contributed by atoms with E-state index in [1.54, 1.807) is 0 Å². The van der Waals surface area contributed by atoms with Crippen molar-refractivity contribution < 1.29 is 23.1 Å². The standard InChI is InChI=1S/C15H22N2O5S/c1-2-7-17-23(20,21)14-9-11(15(18)19)5-6-13(14)16-10-12-4-3-8-22-12/h5-6,9,12,16-17H,2-4,7-8,10H2,1H3,(H,18,19). The van der Waals surface area contributed by atoms with Crippen LogP contribution in [0.5, 0.6) is 0 Å². The highest BCUT2D eigenvalue weighted by molar-refractivity contribution is 7.89. The molecule has 1 unspecified atom stereocenters. The average molecular weight is 342 g/mol. The lowest BCUT2D eigenvalue weighted by Gasteiger charge is -2.16. The molecule has 2 rings (SSSR count). The van der Waals surface area contributed by atoms with Gasteiger partial charge in [-0.1, -0.05) is 6.92 Å². The molecule has 1 aromatic carbocycles. The summed E-state index contributed by atoms with van der Waals surface area (Å²) in [5.41, 5.74) is 0.318. The maximum absolute atomic E-state index is 12.4. The van der Waals surface area contributed by atoms with Gasteiger partial charge in [-0.2, -0.15) is 0 Å². The molecule has 1 fully saturated rings. The summed E-state index contributed by atoms with van der Waals surface area (Å²) in [5, 5.41) is 12.2. The van der Waals surface area contributed by atoms with Crippen molar-refractivity contribution in [1.29, 1.82) is 0 Å². The van der Waals surface area contributed by atoms with Gasteiger partial charge in [0.15, 0.2) is 0 Å². The Bertz CT molecular complexity index is 654. The van der Waals surface area contributed by atoms with Crippen molar-refractivity contribution in [2.75, 3.05) is 25.0 Å². The largest absolute Gasteiger partial charge is 0.478 e. The minimum absolute atomic E-state index is 0.0494. The molecule has 1 saturated heterocycles. The number of carboxylic acid groups (broad SMARTS) is 1. The Morgan fingerprint density at radius 3 is 2.83 bits per heavy atom. The van der Waals surface area contributed by atoms with Gasteiger partial charge in [0.05, 0.1) is 17.4 Å². The van der Waals surface area contributed by atoms with Crippen molar-refractivity contribution >= 4 is 21.7 Å². The summed E-state index contributed by atoms with van der Waals surface area (Å²) in [5.74, 6) is -1.16. The maximum Gasteiger partial charge on any atom is 0.335 e. The lowest BCUT2D eigenvalue weighted by molar-refractivity contribution is 0.0696. The third-order valence-electron chi connectivity index (χ3n) is 3.60. The van der Waals surface area contributed by atoms with Crippen molar-refractivity contribution in [1.82, 2.24) is 4.72 Å². The summed E-state index contributed by atoms with van der Waals surface area (Å²) in [6.45, 7) is 3.35. The van der Waals surface area contributed by atoms with Gasteiger partial charge < -0.3 is 15.2 Å². The van der Waals surface area contributed by atoms with Crippen molar-refractivity contribution in [2.24, 2.45) is 0 Å². The molecule has 0 aliphatic carbocycles. The predicted octanol–water partition coefficient (Wildman–Crippen LogP) is 1.66. The number of rotatable bonds is 8. The highest BCUT2D eigenvalue weighted by Crippen LogP contribution is 2.24. The van der Waals surface area contributed by atoms with Gasteiger partial charge >= 0.3 is 5.97 Å². The fraction of sp³-hybridized carbons (Fsp3) is 0.533. The molecular formula is C15H22N2O5S. The fourth-order valence-corrected chi connectivity index (χ4v) is 3.71. The molecule has 128 valence electrons. The van der Waals surface area contributed by atoms with Crippen LogP contribution >= 0.6 is 0 Å². The number of hydrogen-bond acceptors (Lipinski definition) is 5. The zero-order valence-electron chi connectivity index (χ0n) is 13.0. The first kappa shape index (κ1) is 17.7. The molecule has 1 atom stereocenters. The van der Waals surface area contributed by atoms with Crippen molar-refractivity contribution in [2.45, 2.75) is 37.2 Å². The minimum Gasteiger partial charge on any atom is -0.478 e. The summed E-state index contributed by atoms with van der Waals surface area (Å²) in [6.07, 6.45) is 2.62.